The minimum Gasteiger partial charge on any atom is -0.477 e. The number of carboxylic acids is 1. The lowest BCUT2D eigenvalue weighted by atomic mass is 9.66. The van der Waals surface area contributed by atoms with Gasteiger partial charge in [0.05, 0.1) is 24.2 Å². The van der Waals surface area contributed by atoms with Crippen LogP contribution in [0.15, 0.2) is 34.9 Å². The Hall–Kier alpha value is -1.91. The number of amides is 1. The summed E-state index contributed by atoms with van der Waals surface area (Å²) in [5.74, 6) is -1.53. The van der Waals surface area contributed by atoms with Gasteiger partial charge >= 0.3 is 5.97 Å². The molecule has 3 aliphatic rings. The summed E-state index contributed by atoms with van der Waals surface area (Å²) in [6.07, 6.45) is 0.0229. The molecule has 0 aliphatic carbocycles. The summed E-state index contributed by atoms with van der Waals surface area (Å²) in [5.41, 5.74) is 1.48. The van der Waals surface area contributed by atoms with Crippen LogP contribution in [-0.4, -0.2) is 69.2 Å². The summed E-state index contributed by atoms with van der Waals surface area (Å²) in [7, 11) is 0. The molecule has 180 valence electrons. The van der Waals surface area contributed by atoms with E-state index in [9.17, 15) is 19.8 Å². The molecule has 3 aliphatic heterocycles. The molecule has 0 bridgehead atoms. The molecule has 1 aromatic carbocycles. The third-order valence-corrected chi connectivity index (χ3v) is 8.90. The molecule has 0 unspecified atom stereocenters. The maximum Gasteiger partial charge on any atom is 0.353 e. The maximum absolute atomic E-state index is 12.8. The molecule has 1 amide bonds. The standard InChI is InChI=1S/C24H33N3O5S/c1-13-20(19(22(30)31)27-21(13)24(3,14(2)29)23(27)32)33-17-10-18(26-12-17)16-6-4-15(5-7-16)11-25-8-9-28/h4-7,13-14,17-18,21,25-26,28-29H,8-12H2,1-3H3,(H,30,31)/t13-,14+,17-,18+,21+,24+/m0/s1. The van der Waals surface area contributed by atoms with Gasteiger partial charge in [-0.05, 0) is 31.4 Å². The van der Waals surface area contributed by atoms with Crippen LogP contribution >= 0.6 is 11.8 Å². The molecule has 2 fully saturated rings. The van der Waals surface area contributed by atoms with Gasteiger partial charge in [0.15, 0.2) is 0 Å². The fraction of sp³-hybridized carbons (Fsp3) is 0.583. The first kappa shape index (κ1) is 24.2. The Labute approximate surface area is 198 Å². The highest BCUT2D eigenvalue weighted by molar-refractivity contribution is 8.03. The third-order valence-electron chi connectivity index (χ3n) is 7.39. The number of hydrogen-bond acceptors (Lipinski definition) is 7. The molecule has 9 heteroatoms. The van der Waals surface area contributed by atoms with E-state index in [-0.39, 0.29) is 41.5 Å². The van der Waals surface area contributed by atoms with Crippen LogP contribution in [0.3, 0.4) is 0 Å². The van der Waals surface area contributed by atoms with Gasteiger partial charge in [0.25, 0.3) is 0 Å². The van der Waals surface area contributed by atoms with Gasteiger partial charge in [-0.15, -0.1) is 11.8 Å². The Kier molecular flexibility index (Phi) is 6.89. The molecule has 0 radical (unpaired) electrons. The van der Waals surface area contributed by atoms with E-state index in [0.29, 0.717) is 13.1 Å². The van der Waals surface area contributed by atoms with Crippen LogP contribution in [0.2, 0.25) is 0 Å². The average molecular weight is 476 g/mol. The summed E-state index contributed by atoms with van der Waals surface area (Å²) in [4.78, 5) is 27.1. The van der Waals surface area contributed by atoms with Crippen LogP contribution < -0.4 is 10.6 Å². The second kappa shape index (κ2) is 9.38. The van der Waals surface area contributed by atoms with Gasteiger partial charge in [-0.1, -0.05) is 31.2 Å². The van der Waals surface area contributed by atoms with Crippen LogP contribution in [0.25, 0.3) is 0 Å². The SMILES string of the molecule is C[C@H]1C(S[C@@H]2CN[C@@H](c3ccc(CNCCO)cc3)C2)=C(C(=O)O)N2C(=O)[C@](C)([C@@H](C)O)[C@@H]12. The molecule has 3 heterocycles. The number of thioether (sulfide) groups is 1. The number of aliphatic hydroxyl groups excluding tert-OH is 2. The van der Waals surface area contributed by atoms with Crippen LogP contribution in [0.1, 0.15) is 44.4 Å². The van der Waals surface area contributed by atoms with Crippen molar-refractivity contribution in [3.05, 3.63) is 46.0 Å². The Morgan fingerprint density at radius 1 is 1.36 bits per heavy atom. The van der Waals surface area contributed by atoms with Crippen molar-refractivity contribution in [3.63, 3.8) is 0 Å². The second-order valence-electron chi connectivity index (χ2n) is 9.46. The van der Waals surface area contributed by atoms with E-state index in [1.165, 1.54) is 10.5 Å². The summed E-state index contributed by atoms with van der Waals surface area (Å²) in [5, 5.41) is 35.9. The number of carbonyl (C=O) groups excluding carboxylic acids is 1. The number of benzene rings is 1. The molecule has 6 atom stereocenters. The number of carboxylic acid groups (broad SMARTS) is 1. The Morgan fingerprint density at radius 2 is 2.06 bits per heavy atom. The fourth-order valence-corrected chi connectivity index (χ4v) is 6.85. The van der Waals surface area contributed by atoms with Gasteiger partial charge in [0, 0.05) is 41.7 Å². The van der Waals surface area contributed by atoms with Crippen molar-refractivity contribution < 1.29 is 24.9 Å². The first-order valence-corrected chi connectivity index (χ1v) is 12.4. The Balaban J connectivity index is 1.44. The normalized spacial score (nSPS) is 32.2. The first-order chi connectivity index (χ1) is 15.7. The number of aliphatic hydroxyl groups is 2. The topological polar surface area (TPSA) is 122 Å². The fourth-order valence-electron chi connectivity index (χ4n) is 5.38. The van der Waals surface area contributed by atoms with E-state index in [1.807, 2.05) is 6.92 Å². The molecule has 2 saturated heterocycles. The molecule has 4 rings (SSSR count). The molecule has 0 aromatic heterocycles. The lowest BCUT2D eigenvalue weighted by Crippen LogP contribution is -2.70. The smallest absolute Gasteiger partial charge is 0.353 e. The van der Waals surface area contributed by atoms with Crippen LogP contribution in [-0.2, 0) is 16.1 Å². The highest BCUT2D eigenvalue weighted by atomic mass is 32.2. The van der Waals surface area contributed by atoms with Crippen LogP contribution in [0.5, 0.6) is 0 Å². The summed E-state index contributed by atoms with van der Waals surface area (Å²) >= 11 is 1.56. The van der Waals surface area contributed by atoms with E-state index in [4.69, 9.17) is 5.11 Å². The van der Waals surface area contributed by atoms with E-state index in [1.54, 1.807) is 25.6 Å². The number of rotatable bonds is 9. The second-order valence-corrected chi connectivity index (χ2v) is 10.8. The zero-order valence-electron chi connectivity index (χ0n) is 19.2. The summed E-state index contributed by atoms with van der Waals surface area (Å²) in [6.45, 7) is 7.46. The van der Waals surface area contributed by atoms with Crippen molar-refractivity contribution in [1.82, 2.24) is 15.5 Å². The van der Waals surface area contributed by atoms with Crippen LogP contribution in [0.4, 0.5) is 0 Å². The number of nitrogens with zero attached hydrogens (tertiary/aromatic N) is 1. The van der Waals surface area contributed by atoms with Crippen molar-refractivity contribution in [2.45, 2.75) is 57.2 Å². The maximum atomic E-state index is 12.8. The molecule has 8 nitrogen and oxygen atoms in total. The molecule has 33 heavy (non-hydrogen) atoms. The number of carbonyl (C=O) groups is 2. The average Bonchev–Trinajstić information content (AvgIpc) is 3.36. The largest absolute Gasteiger partial charge is 0.477 e. The van der Waals surface area contributed by atoms with E-state index < -0.39 is 17.5 Å². The monoisotopic (exact) mass is 475 g/mol. The molecular formula is C24H33N3O5S. The minimum atomic E-state index is -1.08. The van der Waals surface area contributed by atoms with Crippen molar-refractivity contribution in [3.8, 4) is 0 Å². The van der Waals surface area contributed by atoms with Gasteiger partial charge in [-0.3, -0.25) is 9.69 Å². The Morgan fingerprint density at radius 3 is 2.67 bits per heavy atom. The van der Waals surface area contributed by atoms with Gasteiger partial charge in [-0.2, -0.15) is 0 Å². The molecule has 0 spiro atoms. The first-order valence-electron chi connectivity index (χ1n) is 11.5. The van der Waals surface area contributed by atoms with Gasteiger partial charge in [0.1, 0.15) is 5.70 Å². The number of β-lactam (4-membered cyclic amide) rings is 1. The zero-order valence-corrected chi connectivity index (χ0v) is 20.1. The number of aliphatic carboxylic acids is 1. The number of nitrogens with one attached hydrogen (secondary N) is 2. The predicted molar refractivity (Wildman–Crippen MR) is 126 cm³/mol. The molecule has 5 N–H and O–H groups in total. The number of hydrogen-bond donors (Lipinski definition) is 5. The van der Waals surface area contributed by atoms with E-state index >= 15 is 0 Å². The molecular weight excluding hydrogens is 442 g/mol. The van der Waals surface area contributed by atoms with Gasteiger partial charge in [-0.25, -0.2) is 4.79 Å². The summed E-state index contributed by atoms with van der Waals surface area (Å²) in [6, 6.07) is 8.25. The highest BCUT2D eigenvalue weighted by Gasteiger charge is 2.67. The lowest BCUT2D eigenvalue weighted by molar-refractivity contribution is -0.181. The zero-order chi connectivity index (χ0) is 23.9. The van der Waals surface area contributed by atoms with Crippen molar-refractivity contribution in [1.29, 1.82) is 0 Å². The highest BCUT2D eigenvalue weighted by Crippen LogP contribution is 2.57. The molecule has 0 saturated carbocycles. The Bertz CT molecular complexity index is 950. The van der Waals surface area contributed by atoms with Crippen molar-refractivity contribution in [2.24, 2.45) is 11.3 Å². The van der Waals surface area contributed by atoms with E-state index in [0.717, 1.165) is 23.4 Å². The van der Waals surface area contributed by atoms with Crippen molar-refractivity contribution in [2.75, 3.05) is 19.7 Å². The third kappa shape index (κ3) is 4.10. The van der Waals surface area contributed by atoms with Crippen LogP contribution in [0, 0.1) is 11.3 Å². The van der Waals surface area contributed by atoms with Crippen molar-refractivity contribution >= 4 is 23.6 Å². The summed E-state index contributed by atoms with van der Waals surface area (Å²) < 4.78 is 0. The van der Waals surface area contributed by atoms with Gasteiger partial charge in [0.2, 0.25) is 5.91 Å². The quantitative estimate of drug-likeness (QED) is 0.269. The number of fused-ring (bicyclic) bond motifs is 1. The predicted octanol–water partition coefficient (Wildman–Crippen LogP) is 1.45. The van der Waals surface area contributed by atoms with Gasteiger partial charge < -0.3 is 26.0 Å². The minimum absolute atomic E-state index is 0.0869. The van der Waals surface area contributed by atoms with E-state index in [2.05, 4.69) is 34.9 Å². The lowest BCUT2D eigenvalue weighted by Gasteiger charge is -2.54. The molecule has 1 aromatic rings.